The molecular weight excluding hydrogens is 184 g/mol. The third kappa shape index (κ3) is 0.899. The van der Waals surface area contributed by atoms with Crippen molar-refractivity contribution in [2.45, 2.75) is 31.9 Å². The Morgan fingerprint density at radius 3 is 2.85 bits per heavy atom. The SMILES string of the molecule is CC1(C)[C@H]2C[C@H]3[C@@H](COS3=O)[C@@H]1C2. The summed E-state index contributed by atoms with van der Waals surface area (Å²) in [7, 11) is 0. The summed E-state index contributed by atoms with van der Waals surface area (Å²) in [6.45, 7) is 5.48. The lowest BCUT2D eigenvalue weighted by Gasteiger charge is -2.60. The molecule has 1 saturated heterocycles. The highest BCUT2D eigenvalue weighted by atomic mass is 32.2. The zero-order valence-corrected chi connectivity index (χ0v) is 8.97. The second-order valence-corrected chi connectivity index (χ2v) is 6.71. The van der Waals surface area contributed by atoms with Crippen molar-refractivity contribution in [2.24, 2.45) is 23.2 Å². The molecule has 3 heteroatoms. The molecule has 1 unspecified atom stereocenters. The van der Waals surface area contributed by atoms with Crippen LogP contribution in [0.4, 0.5) is 0 Å². The summed E-state index contributed by atoms with van der Waals surface area (Å²) in [5.41, 5.74) is 0.499. The molecule has 5 atom stereocenters. The van der Waals surface area contributed by atoms with Gasteiger partial charge in [-0.3, -0.25) is 4.18 Å². The second-order valence-electron chi connectivity index (χ2n) is 5.34. The molecule has 0 aromatic heterocycles. The maximum absolute atomic E-state index is 11.5. The summed E-state index contributed by atoms with van der Waals surface area (Å²) in [4.78, 5) is 0. The zero-order chi connectivity index (χ0) is 9.22. The molecule has 1 aliphatic heterocycles. The molecule has 0 N–H and O–H groups in total. The molecule has 4 rings (SSSR count). The van der Waals surface area contributed by atoms with Gasteiger partial charge in [0.05, 0.1) is 11.9 Å². The number of rotatable bonds is 0. The van der Waals surface area contributed by atoms with Gasteiger partial charge in [-0.1, -0.05) is 13.8 Å². The maximum atomic E-state index is 11.5. The van der Waals surface area contributed by atoms with Crippen LogP contribution in [0.25, 0.3) is 0 Å². The smallest absolute Gasteiger partial charge is 0.159 e. The first-order valence-electron chi connectivity index (χ1n) is 5.14. The lowest BCUT2D eigenvalue weighted by atomic mass is 9.45. The van der Waals surface area contributed by atoms with Crippen LogP contribution in [-0.2, 0) is 15.3 Å². The molecule has 2 bridgehead atoms. The van der Waals surface area contributed by atoms with Crippen LogP contribution in [0.2, 0.25) is 0 Å². The first kappa shape index (κ1) is 8.42. The highest BCUT2D eigenvalue weighted by Gasteiger charge is 2.60. The molecule has 4 aliphatic rings. The van der Waals surface area contributed by atoms with Crippen molar-refractivity contribution in [2.75, 3.05) is 6.61 Å². The standard InChI is InChI=1S/C10H16O2S/c1-10(2)6-3-8(10)7-5-12-13(11)9(7)4-6/h6-9H,3-5H2,1-2H3/t6-,7+,8+,9+,13?/m1/s1. The maximum Gasteiger partial charge on any atom is 0.159 e. The Balaban J connectivity index is 1.91. The third-order valence-corrected chi connectivity index (χ3v) is 6.09. The first-order chi connectivity index (χ1) is 6.10. The van der Waals surface area contributed by atoms with Gasteiger partial charge in [0.25, 0.3) is 0 Å². The fourth-order valence-corrected chi connectivity index (χ4v) is 4.98. The van der Waals surface area contributed by atoms with E-state index in [1.807, 2.05) is 0 Å². The van der Waals surface area contributed by atoms with Gasteiger partial charge in [0.1, 0.15) is 0 Å². The molecule has 0 amide bonds. The van der Waals surface area contributed by atoms with Gasteiger partial charge < -0.3 is 0 Å². The number of hydrogen-bond acceptors (Lipinski definition) is 2. The molecule has 0 radical (unpaired) electrons. The van der Waals surface area contributed by atoms with E-state index in [9.17, 15) is 4.21 Å². The normalized spacial score (nSPS) is 56.9. The van der Waals surface area contributed by atoms with E-state index in [-0.39, 0.29) is 0 Å². The zero-order valence-electron chi connectivity index (χ0n) is 8.16. The monoisotopic (exact) mass is 200 g/mol. The highest BCUT2D eigenvalue weighted by molar-refractivity contribution is 7.81. The first-order valence-corrected chi connectivity index (χ1v) is 6.28. The lowest BCUT2D eigenvalue weighted by molar-refractivity contribution is -0.101. The molecule has 1 heterocycles. The lowest BCUT2D eigenvalue weighted by Crippen LogP contribution is -2.57. The molecule has 0 aromatic rings. The molecule has 3 saturated carbocycles. The van der Waals surface area contributed by atoms with Crippen LogP contribution >= 0.6 is 0 Å². The van der Waals surface area contributed by atoms with E-state index in [0.717, 1.165) is 24.9 Å². The van der Waals surface area contributed by atoms with Crippen molar-refractivity contribution in [3.05, 3.63) is 0 Å². The Kier molecular flexibility index (Phi) is 1.54. The minimum Gasteiger partial charge on any atom is -0.290 e. The largest absolute Gasteiger partial charge is 0.290 e. The minimum atomic E-state index is -0.963. The van der Waals surface area contributed by atoms with Gasteiger partial charge in [0, 0.05) is 5.92 Å². The van der Waals surface area contributed by atoms with Gasteiger partial charge in [0.15, 0.2) is 11.1 Å². The molecule has 2 nitrogen and oxygen atoms in total. The quantitative estimate of drug-likeness (QED) is 0.595. The molecule has 4 fully saturated rings. The molecular formula is C10H16O2S. The van der Waals surface area contributed by atoms with Crippen molar-refractivity contribution in [1.29, 1.82) is 0 Å². The van der Waals surface area contributed by atoms with Crippen LogP contribution in [0.3, 0.4) is 0 Å². The Hall–Kier alpha value is 0.110. The summed E-state index contributed by atoms with van der Waals surface area (Å²) >= 11 is -0.963. The Bertz CT molecular complexity index is 274. The molecule has 0 spiro atoms. The molecule has 74 valence electrons. The summed E-state index contributed by atoms with van der Waals surface area (Å²) in [6, 6.07) is 0. The van der Waals surface area contributed by atoms with E-state index in [0.29, 0.717) is 16.6 Å². The van der Waals surface area contributed by atoms with Gasteiger partial charge in [-0.2, -0.15) is 0 Å². The van der Waals surface area contributed by atoms with Crippen LogP contribution in [0.15, 0.2) is 0 Å². The molecule has 3 aliphatic carbocycles. The summed E-state index contributed by atoms with van der Waals surface area (Å²) in [6.07, 6.45) is 2.50. The molecule has 0 aromatic carbocycles. The van der Waals surface area contributed by atoms with E-state index in [2.05, 4.69) is 13.8 Å². The van der Waals surface area contributed by atoms with Gasteiger partial charge in [-0.25, -0.2) is 4.21 Å². The van der Waals surface area contributed by atoms with Gasteiger partial charge in [0.2, 0.25) is 0 Å². The van der Waals surface area contributed by atoms with E-state index < -0.39 is 11.1 Å². The van der Waals surface area contributed by atoms with Crippen molar-refractivity contribution < 1.29 is 8.39 Å². The third-order valence-electron chi connectivity index (χ3n) is 4.68. The Labute approximate surface area is 81.7 Å². The van der Waals surface area contributed by atoms with Crippen molar-refractivity contribution in [3.8, 4) is 0 Å². The molecule has 13 heavy (non-hydrogen) atoms. The van der Waals surface area contributed by atoms with Crippen LogP contribution in [0.5, 0.6) is 0 Å². The fourth-order valence-electron chi connectivity index (χ4n) is 3.57. The minimum absolute atomic E-state index is 0.372. The second kappa shape index (κ2) is 2.37. The van der Waals surface area contributed by atoms with E-state index in [1.54, 1.807) is 0 Å². The Morgan fingerprint density at radius 2 is 2.15 bits per heavy atom. The van der Waals surface area contributed by atoms with Crippen LogP contribution < -0.4 is 0 Å². The summed E-state index contributed by atoms with van der Waals surface area (Å²) in [5, 5.41) is 0.372. The highest BCUT2D eigenvalue weighted by Crippen LogP contribution is 2.63. The van der Waals surface area contributed by atoms with Gasteiger partial charge in [-0.15, -0.1) is 0 Å². The average Bonchev–Trinajstić information content (AvgIpc) is 2.48. The topological polar surface area (TPSA) is 26.3 Å². The average molecular weight is 200 g/mol. The Morgan fingerprint density at radius 1 is 1.38 bits per heavy atom. The van der Waals surface area contributed by atoms with Crippen molar-refractivity contribution >= 4 is 11.1 Å². The van der Waals surface area contributed by atoms with Crippen molar-refractivity contribution in [3.63, 3.8) is 0 Å². The van der Waals surface area contributed by atoms with Crippen LogP contribution in [0.1, 0.15) is 26.7 Å². The summed E-state index contributed by atoms with van der Waals surface area (Å²) in [5.74, 6) is 2.19. The van der Waals surface area contributed by atoms with E-state index in [4.69, 9.17) is 4.18 Å². The van der Waals surface area contributed by atoms with Crippen LogP contribution in [0, 0.1) is 23.2 Å². The predicted octanol–water partition coefficient (Wildman–Crippen LogP) is 1.73. The van der Waals surface area contributed by atoms with Gasteiger partial charge in [-0.05, 0) is 30.1 Å². The summed E-state index contributed by atoms with van der Waals surface area (Å²) < 4.78 is 16.7. The van der Waals surface area contributed by atoms with Gasteiger partial charge >= 0.3 is 0 Å². The van der Waals surface area contributed by atoms with Crippen molar-refractivity contribution in [1.82, 2.24) is 0 Å². The van der Waals surface area contributed by atoms with E-state index >= 15 is 0 Å². The van der Waals surface area contributed by atoms with E-state index in [1.165, 1.54) is 6.42 Å². The fraction of sp³-hybridized carbons (Fsp3) is 1.00. The number of hydrogen-bond donors (Lipinski definition) is 0. The predicted molar refractivity (Wildman–Crippen MR) is 51.4 cm³/mol. The van der Waals surface area contributed by atoms with Crippen LogP contribution in [-0.4, -0.2) is 16.1 Å².